The Kier molecular flexibility index (Phi) is 18.3. The van der Waals surface area contributed by atoms with Crippen LogP contribution in [0.5, 0.6) is 0 Å². The van der Waals surface area contributed by atoms with Gasteiger partial charge in [-0.05, 0) is 32.1 Å². The van der Waals surface area contributed by atoms with Gasteiger partial charge in [0.2, 0.25) is 0 Å². The van der Waals surface area contributed by atoms with E-state index in [1.54, 1.807) is 0 Å². The van der Waals surface area contributed by atoms with E-state index in [9.17, 15) is 9.46 Å². The first-order valence-corrected chi connectivity index (χ1v) is 14.3. The van der Waals surface area contributed by atoms with Crippen molar-refractivity contribution < 1.29 is 18.5 Å². The molecule has 30 heavy (non-hydrogen) atoms. The Bertz CT molecular complexity index is 460. The van der Waals surface area contributed by atoms with Crippen LogP contribution in [0.2, 0.25) is 0 Å². The van der Waals surface area contributed by atoms with Gasteiger partial charge >= 0.3 is 7.60 Å². The monoisotopic (exact) mass is 446 g/mol. The fourth-order valence-corrected chi connectivity index (χ4v) is 5.91. The minimum Gasteiger partial charge on any atom is -0.320 e. The van der Waals surface area contributed by atoms with Gasteiger partial charge in [0.05, 0.1) is 27.7 Å². The maximum Gasteiger partial charge on any atom is 0.385 e. The molecule has 0 amide bonds. The van der Waals surface area contributed by atoms with E-state index in [0.717, 1.165) is 25.7 Å². The van der Waals surface area contributed by atoms with Gasteiger partial charge in [0, 0.05) is 6.42 Å². The lowest BCUT2D eigenvalue weighted by atomic mass is 10.1. The lowest BCUT2D eigenvalue weighted by Crippen LogP contribution is -2.45. The standard InChI is InChI=1S/C25H52NO3P/c1-6-8-9-10-11-12-13-14-15-16-17-18-19-20-21-22-24-29-30(27,28)25(23-7-2)26(3,4)5/h19-20,25H,6-18,21-24H2,1-5H3/p+1. The van der Waals surface area contributed by atoms with E-state index in [1.807, 2.05) is 28.1 Å². The molecule has 2 unspecified atom stereocenters. The van der Waals surface area contributed by atoms with Crippen molar-refractivity contribution in [3.63, 3.8) is 0 Å². The van der Waals surface area contributed by atoms with Crippen LogP contribution in [-0.2, 0) is 9.09 Å². The molecule has 180 valence electrons. The lowest BCUT2D eigenvalue weighted by Gasteiger charge is -2.35. The highest BCUT2D eigenvalue weighted by atomic mass is 31.2. The molecule has 0 rings (SSSR count). The van der Waals surface area contributed by atoms with Gasteiger partial charge in [-0.3, -0.25) is 4.57 Å². The van der Waals surface area contributed by atoms with Crippen molar-refractivity contribution in [3.8, 4) is 0 Å². The summed E-state index contributed by atoms with van der Waals surface area (Å²) in [6.07, 6.45) is 24.1. The zero-order valence-corrected chi connectivity index (χ0v) is 21.8. The predicted molar refractivity (Wildman–Crippen MR) is 132 cm³/mol. The van der Waals surface area contributed by atoms with E-state index in [0.29, 0.717) is 17.5 Å². The Morgan fingerprint density at radius 3 is 1.70 bits per heavy atom. The minimum absolute atomic E-state index is 0.348. The van der Waals surface area contributed by atoms with Crippen LogP contribution in [0.4, 0.5) is 0 Å². The highest BCUT2D eigenvalue weighted by Crippen LogP contribution is 2.51. The molecule has 0 bridgehead atoms. The molecule has 0 aliphatic rings. The molecule has 4 nitrogen and oxygen atoms in total. The van der Waals surface area contributed by atoms with Crippen molar-refractivity contribution in [2.24, 2.45) is 0 Å². The lowest BCUT2D eigenvalue weighted by molar-refractivity contribution is -0.883. The third-order valence-corrected chi connectivity index (χ3v) is 8.01. The van der Waals surface area contributed by atoms with E-state index in [1.165, 1.54) is 70.6 Å². The summed E-state index contributed by atoms with van der Waals surface area (Å²) in [6, 6.07) is 0. The molecule has 0 aromatic carbocycles. The molecule has 0 aromatic rings. The van der Waals surface area contributed by atoms with Crippen LogP contribution < -0.4 is 0 Å². The smallest absolute Gasteiger partial charge is 0.320 e. The maximum atomic E-state index is 12.6. The molecular formula is C25H53NO3P+. The number of allylic oxidation sites excluding steroid dienone is 2. The van der Waals surface area contributed by atoms with Crippen LogP contribution in [0.15, 0.2) is 12.2 Å². The number of rotatable bonds is 21. The fraction of sp³-hybridized carbons (Fsp3) is 0.920. The molecule has 0 aliphatic carbocycles. The summed E-state index contributed by atoms with van der Waals surface area (Å²) in [5, 5.41) is 0. The highest BCUT2D eigenvalue weighted by Gasteiger charge is 2.41. The first-order chi connectivity index (χ1) is 14.3. The van der Waals surface area contributed by atoms with Gasteiger partial charge in [0.1, 0.15) is 0 Å². The fourth-order valence-electron chi connectivity index (χ4n) is 3.89. The van der Waals surface area contributed by atoms with E-state index in [4.69, 9.17) is 4.52 Å². The summed E-state index contributed by atoms with van der Waals surface area (Å²) < 4.78 is 18.5. The van der Waals surface area contributed by atoms with Crippen molar-refractivity contribution in [2.75, 3.05) is 27.7 Å². The summed E-state index contributed by atoms with van der Waals surface area (Å²) in [7, 11) is 2.30. The zero-order chi connectivity index (χ0) is 22.7. The van der Waals surface area contributed by atoms with E-state index >= 15 is 0 Å². The largest absolute Gasteiger partial charge is 0.385 e. The molecular weight excluding hydrogens is 393 g/mol. The van der Waals surface area contributed by atoms with E-state index in [2.05, 4.69) is 19.1 Å². The molecule has 0 saturated carbocycles. The summed E-state index contributed by atoms with van der Waals surface area (Å²) in [5.41, 5.74) is 0. The molecule has 0 aromatic heterocycles. The maximum absolute atomic E-state index is 12.6. The number of unbranched alkanes of at least 4 members (excludes halogenated alkanes) is 12. The topological polar surface area (TPSA) is 46.5 Å². The second kappa shape index (κ2) is 18.4. The Hall–Kier alpha value is -0.150. The number of quaternary nitrogens is 1. The van der Waals surface area contributed by atoms with E-state index < -0.39 is 7.60 Å². The highest BCUT2D eigenvalue weighted by molar-refractivity contribution is 7.53. The van der Waals surface area contributed by atoms with Crippen molar-refractivity contribution >= 4 is 7.60 Å². The summed E-state index contributed by atoms with van der Waals surface area (Å²) in [5.74, 6) is -0.348. The summed E-state index contributed by atoms with van der Waals surface area (Å²) >= 11 is 0. The van der Waals surface area contributed by atoms with Crippen LogP contribution >= 0.6 is 7.60 Å². The first kappa shape index (κ1) is 29.9. The normalized spacial score (nSPS) is 15.5. The molecule has 5 heteroatoms. The van der Waals surface area contributed by atoms with Gasteiger partial charge in [0.15, 0.2) is 5.78 Å². The second-order valence-electron chi connectivity index (χ2n) is 9.72. The van der Waals surface area contributed by atoms with Crippen molar-refractivity contribution in [1.82, 2.24) is 0 Å². The SMILES string of the molecule is CCCCCCCCCCCCCC=CCCCOP(=O)(O)C(CCC)[N+](C)(C)C. The third kappa shape index (κ3) is 16.5. The van der Waals surface area contributed by atoms with Gasteiger partial charge in [0.25, 0.3) is 0 Å². The van der Waals surface area contributed by atoms with Crippen LogP contribution in [0.3, 0.4) is 0 Å². The predicted octanol–water partition coefficient (Wildman–Crippen LogP) is 8.06. The van der Waals surface area contributed by atoms with Crippen molar-refractivity contribution in [2.45, 2.75) is 122 Å². The molecule has 0 radical (unpaired) electrons. The van der Waals surface area contributed by atoms with Crippen LogP contribution in [0, 0.1) is 0 Å². The number of hydrogen-bond donors (Lipinski definition) is 1. The van der Waals surface area contributed by atoms with Crippen LogP contribution in [-0.4, -0.2) is 42.9 Å². The molecule has 0 spiro atoms. The Morgan fingerprint density at radius 1 is 0.767 bits per heavy atom. The molecule has 0 saturated heterocycles. The Labute approximate surface area is 188 Å². The van der Waals surface area contributed by atoms with Gasteiger partial charge in [-0.25, -0.2) is 0 Å². The van der Waals surface area contributed by atoms with Gasteiger partial charge in [-0.15, -0.1) is 0 Å². The molecule has 0 heterocycles. The number of nitrogens with zero attached hydrogens (tertiary/aromatic N) is 1. The first-order valence-electron chi connectivity index (χ1n) is 12.7. The summed E-state index contributed by atoms with van der Waals surface area (Å²) in [6.45, 7) is 4.68. The Balaban J connectivity index is 3.64. The molecule has 0 aliphatic heterocycles. The minimum atomic E-state index is -3.58. The molecule has 1 N–H and O–H groups in total. The van der Waals surface area contributed by atoms with E-state index in [-0.39, 0.29) is 5.78 Å². The average molecular weight is 447 g/mol. The van der Waals surface area contributed by atoms with Crippen LogP contribution in [0.1, 0.15) is 117 Å². The van der Waals surface area contributed by atoms with Gasteiger partial charge in [-0.2, -0.15) is 0 Å². The summed E-state index contributed by atoms with van der Waals surface area (Å²) in [4.78, 5) is 10.4. The van der Waals surface area contributed by atoms with Gasteiger partial charge in [-0.1, -0.05) is 90.2 Å². The van der Waals surface area contributed by atoms with Crippen molar-refractivity contribution in [3.05, 3.63) is 12.2 Å². The second-order valence-corrected chi connectivity index (χ2v) is 11.7. The Morgan fingerprint density at radius 2 is 1.23 bits per heavy atom. The quantitative estimate of drug-likeness (QED) is 0.0839. The van der Waals surface area contributed by atoms with Crippen molar-refractivity contribution in [1.29, 1.82) is 0 Å². The number of hydrogen-bond acceptors (Lipinski definition) is 2. The molecule has 0 fully saturated rings. The average Bonchev–Trinajstić information content (AvgIpc) is 2.67. The zero-order valence-electron chi connectivity index (χ0n) is 20.9. The third-order valence-electron chi connectivity index (χ3n) is 5.75. The molecule has 2 atom stereocenters. The van der Waals surface area contributed by atoms with Gasteiger partial charge < -0.3 is 13.9 Å². The van der Waals surface area contributed by atoms with Crippen LogP contribution in [0.25, 0.3) is 0 Å².